The standard InChI is InChI=1S/C12H20N2O4/c1-18-5-4-13-7-9(6-11(13)16)12(17)14-3-2-10(15)8-14/h9-10,15H,2-8H2,1H3/t9?,10-/m0/s1. The molecule has 0 saturated carbocycles. The number of hydrogen-bond donors (Lipinski definition) is 1. The van der Waals surface area contributed by atoms with E-state index in [9.17, 15) is 14.7 Å². The van der Waals surface area contributed by atoms with Crippen molar-refractivity contribution in [3.05, 3.63) is 0 Å². The molecule has 2 heterocycles. The maximum atomic E-state index is 12.2. The van der Waals surface area contributed by atoms with Crippen LogP contribution >= 0.6 is 0 Å². The Morgan fingerprint density at radius 1 is 1.50 bits per heavy atom. The van der Waals surface area contributed by atoms with E-state index in [0.29, 0.717) is 39.2 Å². The summed E-state index contributed by atoms with van der Waals surface area (Å²) < 4.78 is 4.94. The van der Waals surface area contributed by atoms with Gasteiger partial charge in [0.25, 0.3) is 0 Å². The third-order valence-corrected chi connectivity index (χ3v) is 3.60. The topological polar surface area (TPSA) is 70.1 Å². The predicted octanol–water partition coefficient (Wildman–Crippen LogP) is -0.925. The second-order valence-corrected chi connectivity index (χ2v) is 4.96. The van der Waals surface area contributed by atoms with Crippen molar-refractivity contribution < 1.29 is 19.4 Å². The molecule has 0 aliphatic carbocycles. The number of rotatable bonds is 4. The average molecular weight is 256 g/mol. The molecule has 2 amide bonds. The van der Waals surface area contributed by atoms with E-state index in [-0.39, 0.29) is 24.2 Å². The Morgan fingerprint density at radius 2 is 2.28 bits per heavy atom. The maximum Gasteiger partial charge on any atom is 0.228 e. The van der Waals surface area contributed by atoms with Crippen molar-refractivity contribution in [2.24, 2.45) is 5.92 Å². The summed E-state index contributed by atoms with van der Waals surface area (Å²) in [5.74, 6) is -0.232. The molecule has 0 radical (unpaired) electrons. The molecule has 18 heavy (non-hydrogen) atoms. The first kappa shape index (κ1) is 13.3. The highest BCUT2D eigenvalue weighted by Gasteiger charge is 2.37. The molecule has 6 heteroatoms. The number of hydrogen-bond acceptors (Lipinski definition) is 4. The zero-order valence-corrected chi connectivity index (χ0v) is 10.7. The molecule has 2 aliphatic rings. The minimum Gasteiger partial charge on any atom is -0.391 e. The Kier molecular flexibility index (Phi) is 4.19. The highest BCUT2D eigenvalue weighted by molar-refractivity contribution is 5.89. The summed E-state index contributed by atoms with van der Waals surface area (Å²) in [7, 11) is 1.59. The van der Waals surface area contributed by atoms with Crippen molar-refractivity contribution in [2.45, 2.75) is 18.9 Å². The van der Waals surface area contributed by atoms with E-state index in [1.54, 1.807) is 16.9 Å². The lowest BCUT2D eigenvalue weighted by Crippen LogP contribution is -2.36. The third kappa shape index (κ3) is 2.81. The zero-order chi connectivity index (χ0) is 13.1. The number of aliphatic hydroxyl groups is 1. The number of aliphatic hydroxyl groups excluding tert-OH is 1. The number of β-amino-alcohol motifs (C(OH)–C–C–N with tert-alkyl or cyclic N) is 1. The second kappa shape index (κ2) is 5.67. The summed E-state index contributed by atoms with van der Waals surface area (Å²) >= 11 is 0. The first-order valence-corrected chi connectivity index (χ1v) is 6.35. The van der Waals surface area contributed by atoms with Gasteiger partial charge < -0.3 is 19.6 Å². The summed E-state index contributed by atoms with van der Waals surface area (Å²) in [4.78, 5) is 27.2. The van der Waals surface area contributed by atoms with Gasteiger partial charge in [0.1, 0.15) is 0 Å². The van der Waals surface area contributed by atoms with E-state index >= 15 is 0 Å². The van der Waals surface area contributed by atoms with Crippen LogP contribution < -0.4 is 0 Å². The van der Waals surface area contributed by atoms with Gasteiger partial charge in [-0.15, -0.1) is 0 Å². The van der Waals surface area contributed by atoms with E-state index in [1.165, 1.54) is 0 Å². The Hall–Kier alpha value is -1.14. The molecule has 0 spiro atoms. The summed E-state index contributed by atoms with van der Waals surface area (Å²) in [6.07, 6.45) is 0.519. The summed E-state index contributed by atoms with van der Waals surface area (Å²) in [6.45, 7) is 2.52. The van der Waals surface area contributed by atoms with Crippen LogP contribution in [0.5, 0.6) is 0 Å². The van der Waals surface area contributed by atoms with Crippen LogP contribution in [0.3, 0.4) is 0 Å². The first-order valence-electron chi connectivity index (χ1n) is 6.35. The van der Waals surface area contributed by atoms with Crippen LogP contribution in [-0.2, 0) is 14.3 Å². The summed E-state index contributed by atoms with van der Waals surface area (Å²) in [5, 5.41) is 9.42. The van der Waals surface area contributed by atoms with Crippen LogP contribution in [0.2, 0.25) is 0 Å². The van der Waals surface area contributed by atoms with Gasteiger partial charge >= 0.3 is 0 Å². The Labute approximate surface area is 106 Å². The second-order valence-electron chi connectivity index (χ2n) is 4.96. The van der Waals surface area contributed by atoms with Crippen LogP contribution in [0.15, 0.2) is 0 Å². The quantitative estimate of drug-likeness (QED) is 0.706. The van der Waals surface area contributed by atoms with E-state index in [1.807, 2.05) is 0 Å². The number of likely N-dealkylation sites (tertiary alicyclic amines) is 2. The number of nitrogens with zero attached hydrogens (tertiary/aromatic N) is 2. The predicted molar refractivity (Wildman–Crippen MR) is 63.8 cm³/mol. The number of ether oxygens (including phenoxy) is 1. The van der Waals surface area contributed by atoms with Gasteiger partial charge in [0.2, 0.25) is 11.8 Å². The molecule has 2 saturated heterocycles. The van der Waals surface area contributed by atoms with Gasteiger partial charge in [-0.1, -0.05) is 0 Å². The number of methoxy groups -OCH3 is 1. The molecule has 0 bridgehead atoms. The van der Waals surface area contributed by atoms with Gasteiger partial charge in [0, 0.05) is 39.7 Å². The van der Waals surface area contributed by atoms with Crippen molar-refractivity contribution in [1.29, 1.82) is 0 Å². The SMILES string of the molecule is COCCN1CC(C(=O)N2CC[C@H](O)C2)CC1=O. The van der Waals surface area contributed by atoms with E-state index in [0.717, 1.165) is 0 Å². The number of amides is 2. The molecule has 0 aromatic heterocycles. The van der Waals surface area contributed by atoms with Gasteiger partial charge in [-0.2, -0.15) is 0 Å². The summed E-state index contributed by atoms with van der Waals surface area (Å²) in [6, 6.07) is 0. The lowest BCUT2D eigenvalue weighted by atomic mass is 10.1. The minimum absolute atomic E-state index is 0.000170. The van der Waals surface area contributed by atoms with Crippen molar-refractivity contribution >= 4 is 11.8 Å². The van der Waals surface area contributed by atoms with E-state index in [4.69, 9.17) is 4.74 Å². The Balaban J connectivity index is 1.87. The molecular weight excluding hydrogens is 236 g/mol. The normalized spacial score (nSPS) is 28.2. The number of carbonyl (C=O) groups excluding carboxylic acids is 2. The smallest absolute Gasteiger partial charge is 0.228 e. The van der Waals surface area contributed by atoms with Gasteiger partial charge in [0.05, 0.1) is 18.6 Å². The number of carbonyl (C=O) groups is 2. The van der Waals surface area contributed by atoms with Crippen LogP contribution in [0, 0.1) is 5.92 Å². The Morgan fingerprint density at radius 3 is 2.89 bits per heavy atom. The molecule has 0 aromatic rings. The maximum absolute atomic E-state index is 12.2. The molecule has 2 atom stereocenters. The van der Waals surface area contributed by atoms with Crippen molar-refractivity contribution in [3.63, 3.8) is 0 Å². The van der Waals surface area contributed by atoms with Gasteiger partial charge in [0.15, 0.2) is 0 Å². The fourth-order valence-electron chi connectivity index (χ4n) is 2.56. The molecule has 102 valence electrons. The van der Waals surface area contributed by atoms with Crippen molar-refractivity contribution in [2.75, 3.05) is 39.9 Å². The molecular formula is C12H20N2O4. The van der Waals surface area contributed by atoms with Crippen LogP contribution in [0.25, 0.3) is 0 Å². The largest absolute Gasteiger partial charge is 0.391 e. The molecule has 0 aromatic carbocycles. The minimum atomic E-state index is -0.407. The highest BCUT2D eigenvalue weighted by Crippen LogP contribution is 2.22. The van der Waals surface area contributed by atoms with Gasteiger partial charge in [-0.25, -0.2) is 0 Å². The van der Waals surface area contributed by atoms with Gasteiger partial charge in [-0.3, -0.25) is 9.59 Å². The molecule has 2 fully saturated rings. The first-order chi connectivity index (χ1) is 8.61. The molecule has 1 unspecified atom stereocenters. The van der Waals surface area contributed by atoms with E-state index < -0.39 is 6.10 Å². The monoisotopic (exact) mass is 256 g/mol. The highest BCUT2D eigenvalue weighted by atomic mass is 16.5. The Bertz CT molecular complexity index is 334. The fraction of sp³-hybridized carbons (Fsp3) is 0.833. The zero-order valence-electron chi connectivity index (χ0n) is 10.7. The van der Waals surface area contributed by atoms with Gasteiger partial charge in [-0.05, 0) is 6.42 Å². The average Bonchev–Trinajstić information content (AvgIpc) is 2.92. The lowest BCUT2D eigenvalue weighted by Gasteiger charge is -2.20. The third-order valence-electron chi connectivity index (χ3n) is 3.60. The molecule has 2 aliphatic heterocycles. The lowest BCUT2D eigenvalue weighted by molar-refractivity contribution is -0.135. The van der Waals surface area contributed by atoms with Crippen molar-refractivity contribution in [3.8, 4) is 0 Å². The van der Waals surface area contributed by atoms with Crippen molar-refractivity contribution in [1.82, 2.24) is 9.80 Å². The van der Waals surface area contributed by atoms with E-state index in [2.05, 4.69) is 0 Å². The molecule has 6 nitrogen and oxygen atoms in total. The van der Waals surface area contributed by atoms with Crippen LogP contribution in [0.1, 0.15) is 12.8 Å². The fourth-order valence-corrected chi connectivity index (χ4v) is 2.56. The van der Waals surface area contributed by atoms with Crippen LogP contribution in [0.4, 0.5) is 0 Å². The van der Waals surface area contributed by atoms with Crippen LogP contribution in [-0.4, -0.2) is 72.7 Å². The summed E-state index contributed by atoms with van der Waals surface area (Å²) in [5.41, 5.74) is 0. The molecule has 2 rings (SSSR count). The molecule has 1 N–H and O–H groups in total.